The largest absolute Gasteiger partial charge is 0.508 e. The zero-order chi connectivity index (χ0) is 21.6. The number of para-hydroxylation sites is 1. The number of aromatic hydroxyl groups is 2. The zero-order valence-electron chi connectivity index (χ0n) is 14.3. The molecular weight excluding hydrogens is 482 g/mol. The second-order valence-electron chi connectivity index (χ2n) is 6.06. The van der Waals surface area contributed by atoms with E-state index in [4.69, 9.17) is 46.4 Å². The molecule has 3 rings (SSSR count). The Labute approximate surface area is 186 Å². The molecule has 0 radical (unpaired) electrons. The van der Waals surface area contributed by atoms with Gasteiger partial charge in [-0.25, -0.2) is 0 Å². The van der Waals surface area contributed by atoms with E-state index in [0.717, 1.165) is 6.07 Å². The minimum absolute atomic E-state index is 0.0502. The van der Waals surface area contributed by atoms with Crippen molar-refractivity contribution in [1.29, 1.82) is 0 Å². The van der Waals surface area contributed by atoms with Gasteiger partial charge in [0.1, 0.15) is 11.5 Å². The van der Waals surface area contributed by atoms with Gasteiger partial charge in [-0.2, -0.15) is 8.42 Å². The van der Waals surface area contributed by atoms with Crippen molar-refractivity contribution >= 4 is 56.5 Å². The van der Waals surface area contributed by atoms with Crippen LogP contribution >= 0.6 is 46.4 Å². The molecule has 0 heterocycles. The maximum absolute atomic E-state index is 13.0. The smallest absolute Gasteiger partial charge is 0.283 e. The van der Waals surface area contributed by atoms with Crippen molar-refractivity contribution in [3.05, 3.63) is 91.4 Å². The lowest BCUT2D eigenvalue weighted by Gasteiger charge is -2.35. The molecule has 3 aromatic carbocycles. The van der Waals surface area contributed by atoms with Gasteiger partial charge in [0.15, 0.2) is 4.75 Å². The monoisotopic (exact) mass is 492 g/mol. The van der Waals surface area contributed by atoms with Crippen LogP contribution in [0.5, 0.6) is 11.5 Å². The first-order chi connectivity index (χ1) is 13.5. The first-order valence-electron chi connectivity index (χ1n) is 7.90. The molecule has 0 aliphatic heterocycles. The highest BCUT2D eigenvalue weighted by molar-refractivity contribution is 7.87. The number of halogens is 4. The molecule has 1 atom stereocenters. The summed E-state index contributed by atoms with van der Waals surface area (Å²) in [6.07, 6.45) is 0. The molecular formula is C19H12Cl4O5S. The summed E-state index contributed by atoms with van der Waals surface area (Å²) in [6.45, 7) is 0. The molecule has 5 nitrogen and oxygen atoms in total. The summed E-state index contributed by atoms with van der Waals surface area (Å²) >= 11 is 25.1. The molecule has 29 heavy (non-hydrogen) atoms. The van der Waals surface area contributed by atoms with Gasteiger partial charge in [-0.15, -0.1) is 0 Å². The quantitative estimate of drug-likeness (QED) is 0.239. The van der Waals surface area contributed by atoms with E-state index in [1.165, 1.54) is 48.5 Å². The van der Waals surface area contributed by atoms with Crippen molar-refractivity contribution in [3.8, 4) is 11.5 Å². The maximum atomic E-state index is 13.0. The fourth-order valence-electron chi connectivity index (χ4n) is 3.23. The van der Waals surface area contributed by atoms with Crippen LogP contribution < -0.4 is 0 Å². The van der Waals surface area contributed by atoms with Crippen LogP contribution in [0, 0.1) is 0 Å². The minimum Gasteiger partial charge on any atom is -0.508 e. The highest BCUT2D eigenvalue weighted by atomic mass is 35.5. The maximum Gasteiger partial charge on any atom is 0.283 e. The number of hydrogen-bond acceptors (Lipinski definition) is 4. The van der Waals surface area contributed by atoms with E-state index in [0.29, 0.717) is 0 Å². The Hall–Kier alpha value is -1.67. The second-order valence-corrected chi connectivity index (χ2v) is 9.22. The first-order valence-corrected chi connectivity index (χ1v) is 10.9. The topological polar surface area (TPSA) is 94.8 Å². The van der Waals surface area contributed by atoms with E-state index in [1.807, 2.05) is 0 Å². The van der Waals surface area contributed by atoms with Crippen molar-refractivity contribution in [1.82, 2.24) is 0 Å². The fourth-order valence-corrected chi connectivity index (χ4v) is 5.83. The summed E-state index contributed by atoms with van der Waals surface area (Å²) in [6, 6.07) is 11.5. The number of phenols is 2. The van der Waals surface area contributed by atoms with Gasteiger partial charge >= 0.3 is 0 Å². The molecule has 0 aliphatic rings. The van der Waals surface area contributed by atoms with Crippen molar-refractivity contribution in [3.63, 3.8) is 0 Å². The summed E-state index contributed by atoms with van der Waals surface area (Å²) in [5.74, 6) is -0.834. The van der Waals surface area contributed by atoms with Crippen LogP contribution in [0.2, 0.25) is 20.1 Å². The third-order valence-corrected chi connectivity index (χ3v) is 7.26. The van der Waals surface area contributed by atoms with Crippen LogP contribution in [-0.4, -0.2) is 23.2 Å². The predicted molar refractivity (Wildman–Crippen MR) is 114 cm³/mol. The Morgan fingerprint density at radius 1 is 0.759 bits per heavy atom. The lowest BCUT2D eigenvalue weighted by atomic mass is 9.83. The fraction of sp³-hybridized carbons (Fsp3) is 0.0526. The Morgan fingerprint density at radius 2 is 1.34 bits per heavy atom. The lowest BCUT2D eigenvalue weighted by molar-refractivity contribution is 0.439. The van der Waals surface area contributed by atoms with E-state index in [9.17, 15) is 23.2 Å². The number of benzene rings is 3. The Bertz CT molecular complexity index is 1210. The van der Waals surface area contributed by atoms with Gasteiger partial charge in [-0.05, 0) is 36.4 Å². The Kier molecular flexibility index (Phi) is 5.98. The molecule has 0 saturated carbocycles. The molecule has 0 amide bonds. The van der Waals surface area contributed by atoms with Gasteiger partial charge in [0.05, 0.1) is 10.0 Å². The van der Waals surface area contributed by atoms with E-state index in [-0.39, 0.29) is 42.5 Å². The van der Waals surface area contributed by atoms with Crippen LogP contribution in [0.15, 0.2) is 54.6 Å². The molecule has 152 valence electrons. The van der Waals surface area contributed by atoms with E-state index in [1.54, 1.807) is 0 Å². The molecule has 1 unspecified atom stereocenters. The SMILES string of the molecule is O=S(=O)(O)C(c1ccccc1O)(c1cc(O)ccc1Cl)c1c(Cl)ccc(Cl)c1Cl. The standard InChI is InChI=1S/C19H12Cl4O5S/c20-13-6-5-10(24)9-12(13)19(29(26,27)28,11-3-1-2-4-16(11)25)17-14(21)7-8-15(22)18(17)23/h1-9,24-25H,(H,26,27,28). The van der Waals surface area contributed by atoms with Gasteiger partial charge in [0, 0.05) is 26.7 Å². The second kappa shape index (κ2) is 7.87. The highest BCUT2D eigenvalue weighted by Crippen LogP contribution is 2.54. The molecule has 0 bridgehead atoms. The van der Waals surface area contributed by atoms with Crippen LogP contribution in [0.25, 0.3) is 0 Å². The molecule has 0 fully saturated rings. The van der Waals surface area contributed by atoms with Gasteiger partial charge in [0.25, 0.3) is 10.1 Å². The van der Waals surface area contributed by atoms with E-state index < -0.39 is 20.6 Å². The Balaban J connectivity index is 2.71. The van der Waals surface area contributed by atoms with Gasteiger partial charge in [-0.1, -0.05) is 64.6 Å². The number of phenolic OH excluding ortho intramolecular Hbond substituents is 2. The predicted octanol–water partition coefficient (Wildman–Crippen LogP) is 5.89. The molecule has 0 aliphatic carbocycles. The van der Waals surface area contributed by atoms with E-state index >= 15 is 0 Å². The average Bonchev–Trinajstić information content (AvgIpc) is 2.64. The van der Waals surface area contributed by atoms with Crippen molar-refractivity contribution in [2.24, 2.45) is 0 Å². The van der Waals surface area contributed by atoms with Crippen LogP contribution in [0.3, 0.4) is 0 Å². The first kappa shape index (κ1) is 22.0. The van der Waals surface area contributed by atoms with Gasteiger partial charge in [0.2, 0.25) is 0 Å². The van der Waals surface area contributed by atoms with Crippen LogP contribution in [0.4, 0.5) is 0 Å². The molecule has 0 saturated heterocycles. The summed E-state index contributed by atoms with van der Waals surface area (Å²) in [7, 11) is -5.19. The third kappa shape index (κ3) is 3.54. The van der Waals surface area contributed by atoms with Crippen LogP contribution in [0.1, 0.15) is 16.7 Å². The molecule has 0 spiro atoms. The van der Waals surface area contributed by atoms with Crippen LogP contribution in [-0.2, 0) is 14.9 Å². The third-order valence-electron chi connectivity index (χ3n) is 4.40. The zero-order valence-corrected chi connectivity index (χ0v) is 18.1. The average molecular weight is 494 g/mol. The summed E-state index contributed by atoms with van der Waals surface area (Å²) in [5.41, 5.74) is -0.903. The number of rotatable bonds is 4. The molecule has 3 N–H and O–H groups in total. The summed E-state index contributed by atoms with van der Waals surface area (Å²) in [5, 5.41) is 19.9. The summed E-state index contributed by atoms with van der Waals surface area (Å²) in [4.78, 5) is 0. The van der Waals surface area contributed by atoms with Crippen molar-refractivity contribution < 1.29 is 23.2 Å². The Morgan fingerprint density at radius 3 is 1.97 bits per heavy atom. The van der Waals surface area contributed by atoms with E-state index in [2.05, 4.69) is 0 Å². The number of hydrogen-bond donors (Lipinski definition) is 3. The summed E-state index contributed by atoms with van der Waals surface area (Å²) < 4.78 is 34.0. The minimum atomic E-state index is -5.19. The van der Waals surface area contributed by atoms with Gasteiger partial charge in [-0.3, -0.25) is 4.55 Å². The highest BCUT2D eigenvalue weighted by Gasteiger charge is 2.53. The van der Waals surface area contributed by atoms with Gasteiger partial charge < -0.3 is 10.2 Å². The molecule has 3 aromatic rings. The van der Waals surface area contributed by atoms with Crippen molar-refractivity contribution in [2.75, 3.05) is 0 Å². The normalized spacial score (nSPS) is 13.8. The molecule has 10 heteroatoms. The lowest BCUT2D eigenvalue weighted by Crippen LogP contribution is -2.39. The van der Waals surface area contributed by atoms with Crippen molar-refractivity contribution in [2.45, 2.75) is 4.75 Å². The molecule has 0 aromatic heterocycles.